The maximum absolute atomic E-state index is 12.7. The number of rotatable bonds is 6. The van der Waals surface area contributed by atoms with E-state index in [9.17, 15) is 4.79 Å². The van der Waals surface area contributed by atoms with Crippen LogP contribution in [-0.2, 0) is 4.79 Å². The number of likely N-dealkylation sites (tertiary alicyclic amines) is 3. The Hall–Kier alpha value is -1.85. The minimum atomic E-state index is 0.277. The van der Waals surface area contributed by atoms with Crippen molar-refractivity contribution in [2.75, 3.05) is 52.9 Å². The van der Waals surface area contributed by atoms with Crippen LogP contribution in [0.5, 0.6) is 5.75 Å². The van der Waals surface area contributed by atoms with E-state index < -0.39 is 0 Å². The number of methoxy groups -OCH3 is 1. The second kappa shape index (κ2) is 10.5. The summed E-state index contributed by atoms with van der Waals surface area (Å²) in [5.74, 6) is 1.64. The van der Waals surface area contributed by atoms with Gasteiger partial charge in [-0.05, 0) is 70.8 Å². The van der Waals surface area contributed by atoms with Gasteiger partial charge in [-0.15, -0.1) is 0 Å². The fourth-order valence-corrected chi connectivity index (χ4v) is 5.31. The van der Waals surface area contributed by atoms with Crippen molar-refractivity contribution in [3.8, 4) is 5.75 Å². The monoisotopic (exact) mass is 411 g/mol. The molecule has 0 saturated carbocycles. The van der Waals surface area contributed by atoms with Crippen LogP contribution in [0.4, 0.5) is 0 Å². The molecule has 0 radical (unpaired) electrons. The first-order valence-electron chi connectivity index (χ1n) is 11.8. The van der Waals surface area contributed by atoms with E-state index in [0.29, 0.717) is 11.9 Å². The van der Waals surface area contributed by atoms with Gasteiger partial charge in [0.15, 0.2) is 0 Å². The molecule has 0 aromatic heterocycles. The zero-order valence-corrected chi connectivity index (χ0v) is 18.5. The molecular weight excluding hydrogens is 374 g/mol. The van der Waals surface area contributed by atoms with E-state index in [2.05, 4.69) is 39.0 Å². The van der Waals surface area contributed by atoms with Gasteiger partial charge in [0, 0.05) is 37.2 Å². The van der Waals surface area contributed by atoms with Gasteiger partial charge in [0.25, 0.3) is 0 Å². The number of para-hydroxylation sites is 1. The SMILES string of the molecule is COc1ccccc1C=CCN1CCC(N2CCC(C(=O)N3CCCC3)CC2)CC1. The first kappa shape index (κ1) is 21.4. The number of hydrogen-bond donors (Lipinski definition) is 0. The molecule has 5 nitrogen and oxygen atoms in total. The highest BCUT2D eigenvalue weighted by atomic mass is 16.5. The van der Waals surface area contributed by atoms with Crippen LogP contribution in [0.1, 0.15) is 44.1 Å². The lowest BCUT2D eigenvalue weighted by atomic mass is 9.92. The number of carbonyl (C=O) groups excluding carboxylic acids is 1. The molecule has 164 valence electrons. The smallest absolute Gasteiger partial charge is 0.225 e. The van der Waals surface area contributed by atoms with Gasteiger partial charge in [0.05, 0.1) is 7.11 Å². The molecule has 5 heteroatoms. The third kappa shape index (κ3) is 5.25. The third-order valence-electron chi connectivity index (χ3n) is 7.17. The molecule has 0 atom stereocenters. The van der Waals surface area contributed by atoms with E-state index in [4.69, 9.17) is 4.74 Å². The molecule has 4 rings (SSSR count). The summed E-state index contributed by atoms with van der Waals surface area (Å²) in [4.78, 5) is 20.0. The molecule has 0 unspecified atom stereocenters. The lowest BCUT2D eigenvalue weighted by Gasteiger charge is -2.41. The average molecular weight is 412 g/mol. The van der Waals surface area contributed by atoms with E-state index in [1.165, 1.54) is 25.7 Å². The highest BCUT2D eigenvalue weighted by Crippen LogP contribution is 2.26. The molecule has 1 aromatic carbocycles. The number of benzene rings is 1. The molecule has 0 N–H and O–H groups in total. The first-order chi connectivity index (χ1) is 14.7. The van der Waals surface area contributed by atoms with Crippen molar-refractivity contribution >= 4 is 12.0 Å². The van der Waals surface area contributed by atoms with Crippen LogP contribution >= 0.6 is 0 Å². The van der Waals surface area contributed by atoms with Crippen molar-refractivity contribution in [3.05, 3.63) is 35.9 Å². The third-order valence-corrected chi connectivity index (χ3v) is 7.17. The van der Waals surface area contributed by atoms with Gasteiger partial charge >= 0.3 is 0 Å². The predicted molar refractivity (Wildman–Crippen MR) is 122 cm³/mol. The summed E-state index contributed by atoms with van der Waals surface area (Å²) in [6, 6.07) is 8.86. The summed E-state index contributed by atoms with van der Waals surface area (Å²) in [6.45, 7) is 7.50. The molecule has 3 fully saturated rings. The second-order valence-electron chi connectivity index (χ2n) is 9.02. The van der Waals surface area contributed by atoms with Gasteiger partial charge in [-0.1, -0.05) is 30.4 Å². The van der Waals surface area contributed by atoms with Gasteiger partial charge < -0.3 is 14.5 Å². The number of ether oxygens (including phenoxy) is 1. The lowest BCUT2D eigenvalue weighted by Crippen LogP contribution is -2.49. The number of hydrogen-bond acceptors (Lipinski definition) is 4. The number of carbonyl (C=O) groups is 1. The summed E-state index contributed by atoms with van der Waals surface area (Å²) in [5.41, 5.74) is 1.14. The minimum Gasteiger partial charge on any atom is -0.496 e. The van der Waals surface area contributed by atoms with Crippen LogP contribution in [0.2, 0.25) is 0 Å². The van der Waals surface area contributed by atoms with E-state index in [1.807, 2.05) is 12.1 Å². The number of piperidine rings is 2. The molecule has 3 aliphatic rings. The Morgan fingerprint density at radius 2 is 1.70 bits per heavy atom. The van der Waals surface area contributed by atoms with Crippen molar-refractivity contribution < 1.29 is 9.53 Å². The van der Waals surface area contributed by atoms with Crippen molar-refractivity contribution in [3.63, 3.8) is 0 Å². The van der Waals surface area contributed by atoms with Crippen LogP contribution < -0.4 is 4.74 Å². The molecule has 1 aromatic rings. The topological polar surface area (TPSA) is 36.0 Å². The van der Waals surface area contributed by atoms with Crippen LogP contribution in [-0.4, -0.2) is 79.6 Å². The molecule has 1 amide bonds. The van der Waals surface area contributed by atoms with Gasteiger partial charge in [-0.3, -0.25) is 9.69 Å². The standard InChI is InChI=1S/C25H37N3O2/c1-30-24-9-3-2-7-21(24)8-6-14-26-17-12-23(13-18-26)27-19-10-22(11-20-27)25(29)28-15-4-5-16-28/h2-3,6-9,22-23H,4-5,10-20H2,1H3. The summed E-state index contributed by atoms with van der Waals surface area (Å²) in [7, 11) is 1.72. The molecule has 30 heavy (non-hydrogen) atoms. The number of amides is 1. The van der Waals surface area contributed by atoms with Crippen LogP contribution in [0.15, 0.2) is 30.3 Å². The Bertz CT molecular complexity index is 713. The van der Waals surface area contributed by atoms with E-state index in [-0.39, 0.29) is 5.92 Å². The molecule has 3 heterocycles. The first-order valence-corrected chi connectivity index (χ1v) is 11.8. The van der Waals surface area contributed by atoms with Crippen LogP contribution in [0.3, 0.4) is 0 Å². The Balaban J connectivity index is 1.18. The lowest BCUT2D eigenvalue weighted by molar-refractivity contribution is -0.136. The van der Waals surface area contributed by atoms with Crippen LogP contribution in [0, 0.1) is 5.92 Å². The highest BCUT2D eigenvalue weighted by molar-refractivity contribution is 5.79. The minimum absolute atomic E-state index is 0.277. The summed E-state index contributed by atoms with van der Waals surface area (Å²) < 4.78 is 5.43. The zero-order valence-electron chi connectivity index (χ0n) is 18.5. The molecule has 3 saturated heterocycles. The van der Waals surface area contributed by atoms with Crippen molar-refractivity contribution in [1.29, 1.82) is 0 Å². The Kier molecular flexibility index (Phi) is 7.45. The maximum atomic E-state index is 12.7. The Morgan fingerprint density at radius 1 is 1.00 bits per heavy atom. The van der Waals surface area contributed by atoms with Crippen molar-refractivity contribution in [2.24, 2.45) is 5.92 Å². The Labute approximate surface area is 181 Å². The van der Waals surface area contributed by atoms with Crippen molar-refractivity contribution in [2.45, 2.75) is 44.6 Å². The average Bonchev–Trinajstić information content (AvgIpc) is 3.35. The van der Waals surface area contributed by atoms with Crippen molar-refractivity contribution in [1.82, 2.24) is 14.7 Å². The molecule has 3 aliphatic heterocycles. The fraction of sp³-hybridized carbons (Fsp3) is 0.640. The largest absolute Gasteiger partial charge is 0.496 e. The van der Waals surface area contributed by atoms with E-state index in [1.54, 1.807) is 7.11 Å². The zero-order chi connectivity index (χ0) is 20.8. The van der Waals surface area contributed by atoms with Gasteiger partial charge in [0.1, 0.15) is 5.75 Å². The fourth-order valence-electron chi connectivity index (χ4n) is 5.31. The summed E-state index contributed by atoms with van der Waals surface area (Å²) in [6.07, 6.45) is 11.4. The Morgan fingerprint density at radius 3 is 2.40 bits per heavy atom. The maximum Gasteiger partial charge on any atom is 0.225 e. The van der Waals surface area contributed by atoms with Gasteiger partial charge in [-0.2, -0.15) is 0 Å². The summed E-state index contributed by atoms with van der Waals surface area (Å²) >= 11 is 0. The normalized spacial score (nSPS) is 22.8. The molecular formula is C25H37N3O2. The molecule has 0 bridgehead atoms. The van der Waals surface area contributed by atoms with Crippen LogP contribution in [0.25, 0.3) is 6.08 Å². The second-order valence-corrected chi connectivity index (χ2v) is 9.02. The van der Waals surface area contributed by atoms with E-state index >= 15 is 0 Å². The number of nitrogens with zero attached hydrogens (tertiary/aromatic N) is 3. The predicted octanol–water partition coefficient (Wildman–Crippen LogP) is 3.51. The molecule has 0 aliphatic carbocycles. The molecule has 0 spiro atoms. The highest BCUT2D eigenvalue weighted by Gasteiger charge is 2.32. The van der Waals surface area contributed by atoms with E-state index in [0.717, 1.165) is 70.0 Å². The van der Waals surface area contributed by atoms with Gasteiger partial charge in [0.2, 0.25) is 5.91 Å². The summed E-state index contributed by atoms with van der Waals surface area (Å²) in [5, 5.41) is 0. The quantitative estimate of drug-likeness (QED) is 0.718. The van der Waals surface area contributed by atoms with Gasteiger partial charge in [-0.25, -0.2) is 0 Å².